The normalized spacial score (nSPS) is 13.9. The van der Waals surface area contributed by atoms with Crippen LogP contribution in [0.5, 0.6) is 23.0 Å². The SMILES string of the molecule is [2H]c1cc2c3c(c1)Oc1c(cc(N(c4ccc(C(C)(C)C)cc4)c4ccc(C(C)(C)C)cc4)c4c1c1ccccc1n4C)B3c1cc(C(C)(C)C)ccc1O2. The fourth-order valence-corrected chi connectivity index (χ4v) is 8.46. The number of aromatic nitrogens is 1. The minimum Gasteiger partial charge on any atom is -0.458 e. The number of nitrogens with zero attached hydrogens (tertiary/aromatic N) is 2. The lowest BCUT2D eigenvalue weighted by atomic mass is 9.34. The third-order valence-corrected chi connectivity index (χ3v) is 11.5. The van der Waals surface area contributed by atoms with E-state index in [2.05, 4.69) is 176 Å². The highest BCUT2D eigenvalue weighted by Gasteiger charge is 2.42. The molecule has 0 amide bonds. The zero-order valence-corrected chi connectivity index (χ0v) is 33.2. The van der Waals surface area contributed by atoms with Gasteiger partial charge in [-0.25, -0.2) is 0 Å². The fourth-order valence-electron chi connectivity index (χ4n) is 8.46. The molecule has 6 aromatic carbocycles. The zero-order valence-electron chi connectivity index (χ0n) is 34.2. The first-order chi connectivity index (χ1) is 26.0. The van der Waals surface area contributed by atoms with Gasteiger partial charge in [-0.2, -0.15) is 0 Å². The molecule has 0 saturated carbocycles. The summed E-state index contributed by atoms with van der Waals surface area (Å²) in [7, 11) is 2.17. The van der Waals surface area contributed by atoms with Gasteiger partial charge in [-0.1, -0.05) is 123 Å². The minimum absolute atomic E-state index is 0.0242. The Bertz CT molecular complexity index is 2610. The van der Waals surface area contributed by atoms with Crippen molar-refractivity contribution in [3.05, 3.63) is 132 Å². The van der Waals surface area contributed by atoms with Crippen LogP contribution in [0.2, 0.25) is 0 Å². The second-order valence-corrected chi connectivity index (χ2v) is 18.3. The molecule has 0 N–H and O–H groups in total. The van der Waals surface area contributed by atoms with Gasteiger partial charge in [0.25, 0.3) is 6.71 Å². The Kier molecular flexibility index (Phi) is 7.24. The van der Waals surface area contributed by atoms with Crippen LogP contribution in [-0.2, 0) is 23.3 Å². The number of para-hydroxylation sites is 1. The van der Waals surface area contributed by atoms with Gasteiger partial charge in [-0.3, -0.25) is 0 Å². The highest BCUT2D eigenvalue weighted by molar-refractivity contribution is 6.98. The van der Waals surface area contributed by atoms with Crippen LogP contribution in [0, 0.1) is 0 Å². The van der Waals surface area contributed by atoms with Crippen LogP contribution in [-0.4, -0.2) is 11.3 Å². The molecule has 0 aliphatic carbocycles. The number of benzene rings is 6. The largest absolute Gasteiger partial charge is 0.458 e. The van der Waals surface area contributed by atoms with Gasteiger partial charge in [0.2, 0.25) is 0 Å². The highest BCUT2D eigenvalue weighted by Crippen LogP contribution is 2.48. The van der Waals surface area contributed by atoms with Crippen LogP contribution in [0.25, 0.3) is 21.8 Å². The Balaban J connectivity index is 1.40. The monoisotopic (exact) mass is 709 g/mol. The van der Waals surface area contributed by atoms with Gasteiger partial charge < -0.3 is 18.9 Å². The summed E-state index contributed by atoms with van der Waals surface area (Å²) in [4.78, 5) is 2.43. The van der Waals surface area contributed by atoms with Gasteiger partial charge in [0.05, 0.1) is 18.0 Å². The average Bonchev–Trinajstić information content (AvgIpc) is 3.43. The first-order valence-electron chi connectivity index (χ1n) is 19.7. The summed E-state index contributed by atoms with van der Waals surface area (Å²) in [6.07, 6.45) is 0. The van der Waals surface area contributed by atoms with Gasteiger partial charge >= 0.3 is 0 Å². The van der Waals surface area contributed by atoms with Crippen molar-refractivity contribution in [2.45, 2.75) is 78.6 Å². The van der Waals surface area contributed by atoms with Crippen molar-refractivity contribution >= 4 is 62.0 Å². The summed E-state index contributed by atoms with van der Waals surface area (Å²) in [6, 6.07) is 39.8. The lowest BCUT2D eigenvalue weighted by Crippen LogP contribution is -2.57. The van der Waals surface area contributed by atoms with Crippen molar-refractivity contribution in [1.29, 1.82) is 0 Å². The van der Waals surface area contributed by atoms with Crippen molar-refractivity contribution < 1.29 is 10.8 Å². The van der Waals surface area contributed by atoms with E-state index in [0.29, 0.717) is 17.5 Å². The lowest BCUT2D eigenvalue weighted by molar-refractivity contribution is 0.466. The smallest absolute Gasteiger partial charge is 0.260 e. The number of fused-ring (bicyclic) bond motifs is 8. The van der Waals surface area contributed by atoms with Gasteiger partial charge in [-0.15, -0.1) is 0 Å². The second kappa shape index (κ2) is 11.8. The van der Waals surface area contributed by atoms with Gasteiger partial charge in [0.1, 0.15) is 23.0 Å². The molecule has 0 saturated heterocycles. The molecule has 0 fully saturated rings. The maximum absolute atomic E-state index is 8.77. The maximum Gasteiger partial charge on any atom is 0.260 e. The number of hydrogen-bond acceptors (Lipinski definition) is 3. The molecule has 2 aliphatic rings. The Morgan fingerprint density at radius 2 is 1.15 bits per heavy atom. The topological polar surface area (TPSA) is 26.6 Å². The molecule has 0 radical (unpaired) electrons. The van der Waals surface area contributed by atoms with Gasteiger partial charge in [0, 0.05) is 34.8 Å². The van der Waals surface area contributed by atoms with E-state index >= 15 is 0 Å². The highest BCUT2D eigenvalue weighted by atomic mass is 16.5. The molecule has 1 aromatic heterocycles. The predicted molar refractivity (Wildman–Crippen MR) is 229 cm³/mol. The van der Waals surface area contributed by atoms with Gasteiger partial charge in [-0.05, 0) is 98.5 Å². The standard InChI is InChI=1S/C49H49BN2O2/c1-47(2,3)30-18-23-33(24-19-30)52(34-25-20-31(21-26-34)48(4,5)6)39-29-37-46(43-35-14-11-12-15-38(35)51(10)45(39)43)54-42-17-13-16-41-44(42)50(37)36-28-32(49(7,8)9)22-27-40(36)53-41/h11-29H,1-10H3/i13D. The maximum atomic E-state index is 8.77. The fraction of sp³-hybridized carbons (Fsp3) is 0.265. The second-order valence-electron chi connectivity index (χ2n) is 18.3. The Hall–Kier alpha value is -5.42. The van der Waals surface area contributed by atoms with Crippen molar-refractivity contribution in [3.63, 3.8) is 0 Å². The van der Waals surface area contributed by atoms with E-state index in [1.165, 1.54) is 16.7 Å². The van der Waals surface area contributed by atoms with Crippen LogP contribution in [0.15, 0.2) is 115 Å². The van der Waals surface area contributed by atoms with E-state index in [0.717, 1.165) is 66.8 Å². The molecule has 0 atom stereocenters. The van der Waals surface area contributed by atoms with Crippen molar-refractivity contribution in [3.8, 4) is 23.0 Å². The number of rotatable bonds is 3. The number of hydrogen-bond donors (Lipinski definition) is 0. The summed E-state index contributed by atoms with van der Waals surface area (Å²) in [6.45, 7) is 20.2. The zero-order chi connectivity index (χ0) is 38.8. The van der Waals surface area contributed by atoms with Crippen LogP contribution in [0.4, 0.5) is 17.1 Å². The predicted octanol–water partition coefficient (Wildman–Crippen LogP) is 11.4. The Morgan fingerprint density at radius 1 is 0.593 bits per heavy atom. The number of aryl methyl sites for hydroxylation is 1. The average molecular weight is 710 g/mol. The molecular formula is C49H49BN2O2. The third kappa shape index (κ3) is 5.34. The molecule has 0 unspecified atom stereocenters. The summed E-state index contributed by atoms with van der Waals surface area (Å²) in [5.74, 6) is 3.02. The molecule has 3 heterocycles. The van der Waals surface area contributed by atoms with Crippen molar-refractivity contribution in [2.24, 2.45) is 7.05 Å². The molecule has 9 rings (SSSR count). The van der Waals surface area contributed by atoms with E-state index in [-0.39, 0.29) is 23.0 Å². The molecular weight excluding hydrogens is 659 g/mol. The van der Waals surface area contributed by atoms with Crippen LogP contribution in [0.3, 0.4) is 0 Å². The molecule has 0 bridgehead atoms. The first-order valence-corrected chi connectivity index (χ1v) is 19.2. The van der Waals surface area contributed by atoms with Crippen molar-refractivity contribution in [1.82, 2.24) is 4.57 Å². The minimum atomic E-state index is -0.170. The molecule has 7 aromatic rings. The molecule has 54 heavy (non-hydrogen) atoms. The molecule has 5 heteroatoms. The van der Waals surface area contributed by atoms with Crippen LogP contribution >= 0.6 is 0 Å². The van der Waals surface area contributed by atoms with Crippen LogP contribution < -0.4 is 30.8 Å². The van der Waals surface area contributed by atoms with E-state index in [9.17, 15) is 0 Å². The number of ether oxygens (including phenoxy) is 2. The quantitative estimate of drug-likeness (QED) is 0.171. The Morgan fingerprint density at radius 3 is 1.74 bits per heavy atom. The summed E-state index contributed by atoms with van der Waals surface area (Å²) >= 11 is 0. The lowest BCUT2D eigenvalue weighted by Gasteiger charge is -2.35. The van der Waals surface area contributed by atoms with E-state index in [4.69, 9.17) is 10.8 Å². The van der Waals surface area contributed by atoms with Crippen LogP contribution in [0.1, 0.15) is 80.4 Å². The molecule has 4 nitrogen and oxygen atoms in total. The molecule has 270 valence electrons. The summed E-state index contributed by atoms with van der Waals surface area (Å²) in [5, 5.41) is 2.20. The van der Waals surface area contributed by atoms with E-state index in [1.807, 2.05) is 12.1 Å². The number of anilines is 3. The Labute approximate surface area is 321 Å². The summed E-state index contributed by atoms with van der Waals surface area (Å²) < 4.78 is 24.8. The van der Waals surface area contributed by atoms with E-state index < -0.39 is 0 Å². The summed E-state index contributed by atoms with van der Waals surface area (Å²) in [5.41, 5.74) is 12.5. The van der Waals surface area contributed by atoms with Gasteiger partial charge in [0.15, 0.2) is 0 Å². The molecule has 0 spiro atoms. The molecule has 2 aliphatic heterocycles. The first kappa shape index (κ1) is 33.2. The van der Waals surface area contributed by atoms with E-state index in [1.54, 1.807) is 0 Å². The van der Waals surface area contributed by atoms with Crippen molar-refractivity contribution in [2.75, 3.05) is 4.90 Å². The third-order valence-electron chi connectivity index (χ3n) is 11.5.